The summed E-state index contributed by atoms with van der Waals surface area (Å²) in [5, 5.41) is 18.1. The molecule has 0 spiro atoms. The number of ether oxygens (including phenoxy) is 2. The minimum absolute atomic E-state index is 0.0274. The number of amides is 3. The van der Waals surface area contributed by atoms with E-state index in [2.05, 4.69) is 45.4 Å². The molecule has 1 aliphatic carbocycles. The van der Waals surface area contributed by atoms with Crippen molar-refractivity contribution in [2.45, 2.75) is 31.7 Å². The largest absolute Gasteiger partial charge is 0.482 e. The Bertz CT molecular complexity index is 1310. The maximum atomic E-state index is 12.5. The minimum atomic E-state index is -1.04. The van der Waals surface area contributed by atoms with Gasteiger partial charge in [0.1, 0.15) is 12.4 Å². The molecular formula is C30H32N4O6. The monoisotopic (exact) mass is 544 g/mol. The second kappa shape index (κ2) is 13.8. The van der Waals surface area contributed by atoms with Gasteiger partial charge in [0.2, 0.25) is 0 Å². The van der Waals surface area contributed by atoms with Gasteiger partial charge < -0.3 is 25.2 Å². The van der Waals surface area contributed by atoms with Crippen LogP contribution in [0, 0.1) is 0 Å². The van der Waals surface area contributed by atoms with Crippen molar-refractivity contribution in [3.8, 4) is 16.9 Å². The molecule has 0 fully saturated rings. The molecule has 4 rings (SSSR count). The van der Waals surface area contributed by atoms with Crippen LogP contribution in [0.3, 0.4) is 0 Å². The van der Waals surface area contributed by atoms with Crippen molar-refractivity contribution < 1.29 is 29.0 Å². The topological polar surface area (TPSA) is 138 Å². The number of nitrogens with zero attached hydrogens (tertiary/aromatic N) is 1. The molecule has 1 aliphatic rings. The summed E-state index contributed by atoms with van der Waals surface area (Å²) in [6, 6.07) is 22.4. The number of carboxylic acid groups (broad SMARTS) is 1. The first-order chi connectivity index (χ1) is 19.4. The second-order valence-corrected chi connectivity index (χ2v) is 9.21. The number of nitrogens with one attached hydrogen (secondary N) is 3. The van der Waals surface area contributed by atoms with E-state index >= 15 is 0 Å². The average Bonchev–Trinajstić information content (AvgIpc) is 3.28. The quantitative estimate of drug-likeness (QED) is 0.198. The number of hydrazone groups is 1. The van der Waals surface area contributed by atoms with Crippen molar-refractivity contribution in [1.82, 2.24) is 16.1 Å². The lowest BCUT2D eigenvalue weighted by Gasteiger charge is -2.16. The number of hydrogen-bond acceptors (Lipinski definition) is 6. The molecule has 208 valence electrons. The number of rotatable bonds is 12. The van der Waals surface area contributed by atoms with Gasteiger partial charge in [-0.25, -0.2) is 19.8 Å². The number of carbonyl (C=O) groups excluding carboxylic acids is 2. The van der Waals surface area contributed by atoms with Crippen LogP contribution in [-0.2, 0) is 16.0 Å². The molecule has 4 N–H and O–H groups in total. The summed E-state index contributed by atoms with van der Waals surface area (Å²) in [7, 11) is 0. The van der Waals surface area contributed by atoms with Gasteiger partial charge in [0.15, 0.2) is 6.61 Å². The summed E-state index contributed by atoms with van der Waals surface area (Å²) in [5.41, 5.74) is 7.95. The number of urea groups is 1. The molecule has 1 unspecified atom stereocenters. The van der Waals surface area contributed by atoms with Gasteiger partial charge in [-0.2, -0.15) is 5.10 Å². The highest BCUT2D eigenvalue weighted by Gasteiger charge is 2.29. The molecule has 3 amide bonds. The van der Waals surface area contributed by atoms with Crippen LogP contribution in [0.25, 0.3) is 11.1 Å². The molecule has 40 heavy (non-hydrogen) atoms. The van der Waals surface area contributed by atoms with E-state index in [1.807, 2.05) is 31.2 Å². The molecule has 0 radical (unpaired) electrons. The fraction of sp³-hybridized carbons (Fsp3) is 0.267. The van der Waals surface area contributed by atoms with Crippen molar-refractivity contribution in [2.75, 3.05) is 19.8 Å². The molecule has 0 aliphatic heterocycles. The predicted octanol–water partition coefficient (Wildman–Crippen LogP) is 4.29. The first kappa shape index (κ1) is 28.2. The Balaban J connectivity index is 1.17. The number of aliphatic carboxylic acids is 1. The summed E-state index contributed by atoms with van der Waals surface area (Å²) < 4.78 is 10.7. The van der Waals surface area contributed by atoms with Crippen molar-refractivity contribution in [1.29, 1.82) is 0 Å². The zero-order chi connectivity index (χ0) is 28.3. The summed E-state index contributed by atoms with van der Waals surface area (Å²) >= 11 is 0. The van der Waals surface area contributed by atoms with Crippen LogP contribution >= 0.6 is 0 Å². The van der Waals surface area contributed by atoms with E-state index in [1.54, 1.807) is 24.3 Å². The number of alkyl carbamates (subject to hydrolysis) is 1. The first-order valence-electron chi connectivity index (χ1n) is 13.1. The highest BCUT2D eigenvalue weighted by Crippen LogP contribution is 2.44. The average molecular weight is 545 g/mol. The highest BCUT2D eigenvalue weighted by molar-refractivity contribution is 5.80. The van der Waals surface area contributed by atoms with Crippen molar-refractivity contribution >= 4 is 24.3 Å². The fourth-order valence-corrected chi connectivity index (χ4v) is 4.48. The van der Waals surface area contributed by atoms with Crippen LogP contribution in [0.2, 0.25) is 0 Å². The van der Waals surface area contributed by atoms with E-state index in [-0.39, 0.29) is 12.5 Å². The van der Waals surface area contributed by atoms with Crippen LogP contribution in [0.1, 0.15) is 36.0 Å². The maximum absolute atomic E-state index is 12.5. The Morgan fingerprint density at radius 2 is 1.62 bits per heavy atom. The number of carboxylic acids is 1. The minimum Gasteiger partial charge on any atom is -0.482 e. The fourth-order valence-electron chi connectivity index (χ4n) is 4.48. The zero-order valence-electron chi connectivity index (χ0n) is 22.1. The van der Waals surface area contributed by atoms with Gasteiger partial charge in [-0.15, -0.1) is 0 Å². The number of benzene rings is 3. The van der Waals surface area contributed by atoms with Gasteiger partial charge in [-0.3, -0.25) is 0 Å². The van der Waals surface area contributed by atoms with Gasteiger partial charge in [-0.1, -0.05) is 67.6 Å². The first-order valence-corrected chi connectivity index (χ1v) is 13.1. The normalized spacial score (nSPS) is 12.7. The third-order valence-corrected chi connectivity index (χ3v) is 6.49. The third kappa shape index (κ3) is 7.59. The molecule has 10 heteroatoms. The lowest BCUT2D eigenvalue weighted by atomic mass is 9.98. The molecule has 3 aromatic carbocycles. The van der Waals surface area contributed by atoms with E-state index in [9.17, 15) is 14.4 Å². The molecule has 0 saturated carbocycles. The van der Waals surface area contributed by atoms with E-state index < -0.39 is 30.7 Å². The lowest BCUT2D eigenvalue weighted by Crippen LogP contribution is -2.38. The molecule has 0 bridgehead atoms. The maximum Gasteiger partial charge on any atom is 0.407 e. The van der Waals surface area contributed by atoms with Crippen LogP contribution in [-0.4, -0.2) is 55.2 Å². The van der Waals surface area contributed by atoms with Gasteiger partial charge in [0, 0.05) is 18.7 Å². The van der Waals surface area contributed by atoms with E-state index in [0.717, 1.165) is 27.8 Å². The Hall–Kier alpha value is -4.86. The van der Waals surface area contributed by atoms with Gasteiger partial charge >= 0.3 is 18.1 Å². The summed E-state index contributed by atoms with van der Waals surface area (Å²) in [4.78, 5) is 35.1. The molecule has 0 saturated heterocycles. The Morgan fingerprint density at radius 1 is 0.975 bits per heavy atom. The van der Waals surface area contributed by atoms with Crippen LogP contribution in [0.5, 0.6) is 5.75 Å². The summed E-state index contributed by atoms with van der Waals surface area (Å²) in [5.74, 6) is -0.607. The molecule has 0 heterocycles. The van der Waals surface area contributed by atoms with Crippen LogP contribution < -0.4 is 20.8 Å². The van der Waals surface area contributed by atoms with E-state index in [4.69, 9.17) is 14.6 Å². The standard InChI is InChI=1S/C30H32N4O6/c1-2-21(17-32-34-29(37)31-16-15-20-11-13-22(14-12-20)39-19-28(35)36)33-30(38)40-18-27-25-9-5-3-7-23(25)24-8-4-6-10-26(24)27/h3-14,17,21,27H,2,15-16,18-19H2,1H3,(H,33,38)(H,35,36)(H2,31,34,37)/b32-17+. The Labute approximate surface area is 232 Å². The van der Waals surface area contributed by atoms with Gasteiger partial charge in [0.05, 0.1) is 6.04 Å². The third-order valence-electron chi connectivity index (χ3n) is 6.49. The van der Waals surface area contributed by atoms with E-state index in [1.165, 1.54) is 6.21 Å². The van der Waals surface area contributed by atoms with Crippen LogP contribution in [0.4, 0.5) is 9.59 Å². The molecular weight excluding hydrogens is 512 g/mol. The highest BCUT2D eigenvalue weighted by atomic mass is 16.5. The molecule has 1 atom stereocenters. The number of fused-ring (bicyclic) bond motifs is 3. The lowest BCUT2D eigenvalue weighted by molar-refractivity contribution is -0.139. The second-order valence-electron chi connectivity index (χ2n) is 9.21. The Morgan fingerprint density at radius 3 is 2.25 bits per heavy atom. The zero-order valence-corrected chi connectivity index (χ0v) is 22.1. The van der Waals surface area contributed by atoms with Crippen molar-refractivity contribution in [2.24, 2.45) is 5.10 Å². The number of carbonyl (C=O) groups is 3. The van der Waals surface area contributed by atoms with Crippen LogP contribution in [0.15, 0.2) is 77.9 Å². The molecule has 10 nitrogen and oxygen atoms in total. The van der Waals surface area contributed by atoms with Crippen molar-refractivity contribution in [3.63, 3.8) is 0 Å². The molecule has 0 aromatic heterocycles. The van der Waals surface area contributed by atoms with Gasteiger partial charge in [0.25, 0.3) is 0 Å². The molecule has 3 aromatic rings. The van der Waals surface area contributed by atoms with Gasteiger partial charge in [-0.05, 0) is 52.8 Å². The SMILES string of the molecule is CCC(/C=N/NC(=O)NCCc1ccc(OCC(=O)O)cc1)NC(=O)OCC1c2ccccc2-c2ccccc21. The predicted molar refractivity (Wildman–Crippen MR) is 151 cm³/mol. The summed E-state index contributed by atoms with van der Waals surface area (Å²) in [6.45, 7) is 2.07. The number of hydrogen-bond donors (Lipinski definition) is 4. The summed E-state index contributed by atoms with van der Waals surface area (Å²) in [6.07, 6.45) is 2.03. The van der Waals surface area contributed by atoms with E-state index in [0.29, 0.717) is 25.1 Å². The van der Waals surface area contributed by atoms with Crippen molar-refractivity contribution in [3.05, 3.63) is 89.5 Å². The Kier molecular flexibility index (Phi) is 9.71. The smallest absolute Gasteiger partial charge is 0.407 e.